The average molecular weight is 618 g/mol. The fraction of sp³-hybridized carbons (Fsp3) is 0.906. The summed E-state index contributed by atoms with van der Waals surface area (Å²) in [5.74, 6) is 1.57. The molecule has 5 atom stereocenters. The van der Waals surface area contributed by atoms with E-state index in [0.29, 0.717) is 43.3 Å². The second kappa shape index (κ2) is 16.3. The van der Waals surface area contributed by atoms with E-state index in [1.807, 2.05) is 11.8 Å². The number of hydrogen-bond donors (Lipinski definition) is 5. The van der Waals surface area contributed by atoms with Crippen LogP contribution >= 0.6 is 0 Å². The van der Waals surface area contributed by atoms with Gasteiger partial charge < -0.3 is 41.6 Å². The summed E-state index contributed by atoms with van der Waals surface area (Å²) in [5, 5.41) is 9.67. The van der Waals surface area contributed by atoms with Crippen molar-refractivity contribution >= 4 is 24.6 Å². The minimum absolute atomic E-state index is 0.0179. The van der Waals surface area contributed by atoms with E-state index in [1.165, 1.54) is 6.42 Å². The van der Waals surface area contributed by atoms with E-state index in [9.17, 15) is 9.59 Å². The Kier molecular flexibility index (Phi) is 13.1. The van der Waals surface area contributed by atoms with Gasteiger partial charge in [0, 0.05) is 51.4 Å². The molecule has 3 aliphatic carbocycles. The Hall–Kier alpha value is -1.57. The molecule has 2 amide bonds. The first-order valence-corrected chi connectivity index (χ1v) is 17.3. The Morgan fingerprint density at radius 3 is 2.45 bits per heavy atom. The second-order valence-corrected chi connectivity index (χ2v) is 14.4. The highest BCUT2D eigenvalue weighted by molar-refractivity contribution is 6.48. The van der Waals surface area contributed by atoms with Gasteiger partial charge in [0.05, 0.1) is 17.6 Å². The average Bonchev–Trinajstić information content (AvgIpc) is 3.62. The van der Waals surface area contributed by atoms with Gasteiger partial charge in [0.2, 0.25) is 11.8 Å². The molecule has 2 saturated heterocycles. The minimum Gasteiger partial charge on any atom is -0.404 e. The third-order valence-corrected chi connectivity index (χ3v) is 10.9. The van der Waals surface area contributed by atoms with Gasteiger partial charge in [-0.25, -0.2) is 0 Å². The Morgan fingerprint density at radius 2 is 1.77 bits per heavy atom. The van der Waals surface area contributed by atoms with Gasteiger partial charge in [-0.05, 0) is 95.1 Å². The fourth-order valence-corrected chi connectivity index (χ4v) is 8.10. The van der Waals surface area contributed by atoms with Crippen LogP contribution in [0.15, 0.2) is 4.99 Å². The number of rotatable bonds is 19. The van der Waals surface area contributed by atoms with Crippen LogP contribution in [0.3, 0.4) is 0 Å². The summed E-state index contributed by atoms with van der Waals surface area (Å²) < 4.78 is 13.2. The maximum Gasteiger partial charge on any atom is 0.481 e. The molecule has 0 radical (unpaired) electrons. The summed E-state index contributed by atoms with van der Waals surface area (Å²) in [7, 11) is -0.330. The van der Waals surface area contributed by atoms with Crippen LogP contribution in [0, 0.1) is 23.2 Å². The van der Waals surface area contributed by atoms with Gasteiger partial charge in [-0.3, -0.25) is 14.6 Å². The van der Waals surface area contributed by atoms with E-state index < -0.39 is 0 Å². The van der Waals surface area contributed by atoms with Gasteiger partial charge in [-0.2, -0.15) is 0 Å². The maximum absolute atomic E-state index is 13.2. The number of likely N-dealkylation sites (tertiary alicyclic amines) is 1. The van der Waals surface area contributed by atoms with E-state index in [4.69, 9.17) is 20.8 Å². The molecule has 44 heavy (non-hydrogen) atoms. The van der Waals surface area contributed by atoms with Crippen molar-refractivity contribution in [3.8, 4) is 0 Å². The summed E-state index contributed by atoms with van der Waals surface area (Å²) in [6, 6.07) is 0. The van der Waals surface area contributed by atoms with Crippen molar-refractivity contribution in [1.82, 2.24) is 20.9 Å². The zero-order chi connectivity index (χ0) is 31.7. The smallest absolute Gasteiger partial charge is 0.404 e. The third kappa shape index (κ3) is 8.61. The van der Waals surface area contributed by atoms with Crippen molar-refractivity contribution in [2.24, 2.45) is 39.6 Å². The van der Waals surface area contributed by atoms with Crippen molar-refractivity contribution < 1.29 is 18.9 Å². The Labute approximate surface area is 265 Å². The van der Waals surface area contributed by atoms with Crippen LogP contribution in [-0.2, 0) is 18.9 Å². The molecular formula is C32H60BN7O4. The van der Waals surface area contributed by atoms with Crippen molar-refractivity contribution in [3.63, 3.8) is 0 Å². The number of carbonyl (C=O) groups excluding carboxylic acids is 2. The zero-order valence-electron chi connectivity index (χ0n) is 27.9. The molecule has 3 saturated carbocycles. The molecule has 11 nitrogen and oxygen atoms in total. The molecule has 0 aromatic rings. The van der Waals surface area contributed by atoms with E-state index >= 15 is 0 Å². The first-order chi connectivity index (χ1) is 21.1. The van der Waals surface area contributed by atoms with Crippen LogP contribution in [-0.4, -0.2) is 106 Å². The van der Waals surface area contributed by atoms with E-state index in [1.54, 1.807) is 0 Å². The molecule has 7 N–H and O–H groups in total. The van der Waals surface area contributed by atoms with Crippen LogP contribution in [0.1, 0.15) is 85.5 Å². The van der Waals surface area contributed by atoms with Gasteiger partial charge in [0.25, 0.3) is 0 Å². The number of aliphatic imine (C=N–C) groups is 1. The zero-order valence-corrected chi connectivity index (χ0v) is 27.9. The molecule has 2 heterocycles. The van der Waals surface area contributed by atoms with Crippen LogP contribution < -0.4 is 27.4 Å². The largest absolute Gasteiger partial charge is 0.481 e. The predicted octanol–water partition coefficient (Wildman–Crippen LogP) is 1.49. The molecular weight excluding hydrogens is 557 g/mol. The lowest BCUT2D eigenvalue weighted by atomic mass is 9.43. The Balaban J connectivity index is 1.11. The van der Waals surface area contributed by atoms with Crippen molar-refractivity contribution in [2.45, 2.75) is 103 Å². The predicted molar refractivity (Wildman–Crippen MR) is 176 cm³/mol. The standard InChI is InChI=1S/C32H60BN7O4/c1-23(9-6-5-7-13-38-29(41)17-24(20-36-14-11-34)21-37-15-12-35)39-22-30(42)40-16-8-10-28(40)33-43-27-19-25-18-26(31(25,2)3)32(27,4)44-33/h24-28,36-37H,5-22,34-35H2,1-4H3,(H,38,41). The summed E-state index contributed by atoms with van der Waals surface area (Å²) >= 11 is 0. The highest BCUT2D eigenvalue weighted by Gasteiger charge is 2.69. The molecule has 2 bridgehead atoms. The molecule has 5 aliphatic rings. The van der Waals surface area contributed by atoms with Gasteiger partial charge >= 0.3 is 7.12 Å². The van der Waals surface area contributed by atoms with Crippen molar-refractivity contribution in [3.05, 3.63) is 0 Å². The fourth-order valence-electron chi connectivity index (χ4n) is 8.10. The van der Waals surface area contributed by atoms with Gasteiger partial charge in [0.15, 0.2) is 0 Å². The summed E-state index contributed by atoms with van der Waals surface area (Å²) in [4.78, 5) is 32.3. The van der Waals surface area contributed by atoms with Gasteiger partial charge in [-0.1, -0.05) is 20.3 Å². The summed E-state index contributed by atoms with van der Waals surface area (Å²) in [6.07, 6.45) is 8.59. The van der Waals surface area contributed by atoms with Gasteiger partial charge in [-0.15, -0.1) is 0 Å². The summed E-state index contributed by atoms with van der Waals surface area (Å²) in [5.41, 5.74) is 12.2. The quantitative estimate of drug-likeness (QED) is 0.0830. The monoisotopic (exact) mass is 617 g/mol. The van der Waals surface area contributed by atoms with Crippen LogP contribution in [0.5, 0.6) is 0 Å². The maximum atomic E-state index is 13.2. The number of nitrogens with two attached hydrogens (primary N) is 2. The topological polar surface area (TPSA) is 156 Å². The minimum atomic E-state index is -0.330. The number of hydrogen-bond acceptors (Lipinski definition) is 9. The van der Waals surface area contributed by atoms with Crippen molar-refractivity contribution in [2.75, 3.05) is 58.9 Å². The van der Waals surface area contributed by atoms with E-state index in [0.717, 1.165) is 83.4 Å². The lowest BCUT2D eigenvalue weighted by Crippen LogP contribution is -2.65. The molecule has 0 aromatic carbocycles. The third-order valence-electron chi connectivity index (χ3n) is 10.9. The molecule has 250 valence electrons. The molecule has 5 unspecified atom stereocenters. The first kappa shape index (κ1) is 35.3. The lowest BCUT2D eigenvalue weighted by molar-refractivity contribution is -0.199. The van der Waals surface area contributed by atoms with Crippen LogP contribution in [0.4, 0.5) is 0 Å². The normalized spacial score (nSPS) is 29.2. The number of nitrogens with one attached hydrogen (secondary N) is 3. The van der Waals surface area contributed by atoms with Crippen molar-refractivity contribution in [1.29, 1.82) is 0 Å². The number of carbonyl (C=O) groups is 2. The number of unbranched alkanes of at least 4 members (excludes halogenated alkanes) is 2. The van der Waals surface area contributed by atoms with E-state index in [2.05, 4.69) is 41.7 Å². The number of amides is 2. The highest BCUT2D eigenvalue weighted by Crippen LogP contribution is 2.65. The highest BCUT2D eigenvalue weighted by atomic mass is 16.7. The molecule has 2 aliphatic heterocycles. The SMILES string of the molecule is CC(CCCCCNC(=O)CC(CNCCN)CNCCN)=NCC(=O)N1CCCC1B1OC2CC3CC(C3(C)C)C2(C)O1. The Bertz CT molecular complexity index is 974. The second-order valence-electron chi connectivity index (χ2n) is 14.4. The Morgan fingerprint density at radius 1 is 1.05 bits per heavy atom. The first-order valence-electron chi connectivity index (χ1n) is 17.3. The van der Waals surface area contributed by atoms with Gasteiger partial charge in [0.1, 0.15) is 6.54 Å². The van der Waals surface area contributed by atoms with E-state index in [-0.39, 0.29) is 49.0 Å². The summed E-state index contributed by atoms with van der Waals surface area (Å²) in [6.45, 7) is 14.8. The molecule has 12 heteroatoms. The number of nitrogens with zero attached hydrogens (tertiary/aromatic N) is 2. The lowest BCUT2D eigenvalue weighted by Gasteiger charge is -2.64. The molecule has 5 rings (SSSR count). The molecule has 0 spiro atoms. The molecule has 0 aromatic heterocycles. The van der Waals surface area contributed by atoms with Crippen LogP contribution in [0.2, 0.25) is 0 Å². The van der Waals surface area contributed by atoms with Crippen LogP contribution in [0.25, 0.3) is 0 Å². The molecule has 5 fully saturated rings.